The number of allylic oxidation sites excluding steroid dienone is 1. The van der Waals surface area contributed by atoms with Crippen molar-refractivity contribution in [2.75, 3.05) is 0 Å². The summed E-state index contributed by atoms with van der Waals surface area (Å²) in [5.74, 6) is -3.74. The highest BCUT2D eigenvalue weighted by atomic mass is 19.4. The largest absolute Gasteiger partial charge is 0.491 e. The van der Waals surface area contributed by atoms with E-state index in [2.05, 4.69) is 4.74 Å². The van der Waals surface area contributed by atoms with Crippen LogP contribution in [0, 0.1) is 5.41 Å². The number of halogens is 3. The molecular formula is C11H15F3O3. The summed E-state index contributed by atoms with van der Waals surface area (Å²) >= 11 is 0. The maximum Gasteiger partial charge on any atom is 0.491 e. The van der Waals surface area contributed by atoms with E-state index in [-0.39, 0.29) is 5.57 Å². The molecule has 0 saturated carbocycles. The second kappa shape index (κ2) is 5.33. The molecule has 0 rings (SSSR count). The molecule has 0 saturated heterocycles. The van der Waals surface area contributed by atoms with E-state index in [1.54, 1.807) is 27.7 Å². The third-order valence-corrected chi connectivity index (χ3v) is 1.85. The molecule has 0 heterocycles. The van der Waals surface area contributed by atoms with E-state index in [1.165, 1.54) is 6.08 Å². The molecule has 0 aliphatic heterocycles. The zero-order valence-corrected chi connectivity index (χ0v) is 10.1. The lowest BCUT2D eigenvalue weighted by Crippen LogP contribution is -2.31. The van der Waals surface area contributed by atoms with Gasteiger partial charge in [-0.3, -0.25) is 0 Å². The molecule has 0 spiro atoms. The van der Waals surface area contributed by atoms with Crippen molar-refractivity contribution in [1.29, 1.82) is 0 Å². The minimum absolute atomic E-state index is 0.0533. The smallest absolute Gasteiger partial charge is 0.383 e. The molecule has 0 radical (unpaired) electrons. The number of carbonyl (C=O) groups excluding carboxylic acids is 2. The van der Waals surface area contributed by atoms with Crippen molar-refractivity contribution in [3.05, 3.63) is 11.6 Å². The molecule has 6 heteroatoms. The topological polar surface area (TPSA) is 43.4 Å². The number of hydrogen-bond donors (Lipinski definition) is 0. The van der Waals surface area contributed by atoms with Gasteiger partial charge in [-0.15, -0.1) is 0 Å². The molecule has 0 unspecified atom stereocenters. The first-order valence-corrected chi connectivity index (χ1v) is 5.04. The first-order valence-electron chi connectivity index (χ1n) is 5.04. The van der Waals surface area contributed by atoms with Gasteiger partial charge in [0.15, 0.2) is 0 Å². The number of rotatable bonds is 2. The van der Waals surface area contributed by atoms with Crippen LogP contribution in [-0.2, 0) is 14.3 Å². The zero-order valence-electron chi connectivity index (χ0n) is 10.1. The van der Waals surface area contributed by atoms with E-state index in [0.717, 1.165) is 0 Å². The van der Waals surface area contributed by atoms with Crippen LogP contribution in [0.1, 0.15) is 34.1 Å². The molecule has 0 N–H and O–H groups in total. The summed E-state index contributed by atoms with van der Waals surface area (Å²) in [6, 6.07) is 0. The minimum atomic E-state index is -5.16. The molecular weight excluding hydrogens is 237 g/mol. The van der Waals surface area contributed by atoms with Crippen LogP contribution in [0.4, 0.5) is 13.2 Å². The maximum absolute atomic E-state index is 11.9. The van der Waals surface area contributed by atoms with Gasteiger partial charge in [0.05, 0.1) is 0 Å². The second-order valence-electron chi connectivity index (χ2n) is 4.45. The highest BCUT2D eigenvalue weighted by molar-refractivity contribution is 5.98. The molecule has 17 heavy (non-hydrogen) atoms. The molecule has 0 atom stereocenters. The van der Waals surface area contributed by atoms with Crippen molar-refractivity contribution >= 4 is 11.9 Å². The van der Waals surface area contributed by atoms with Crippen LogP contribution in [0.5, 0.6) is 0 Å². The third kappa shape index (κ3) is 5.01. The number of carbonyl (C=O) groups is 2. The summed E-state index contributed by atoms with van der Waals surface area (Å²) in [4.78, 5) is 21.9. The SMILES string of the molecule is CCC=C(C(=O)OC(=O)C(F)(F)F)C(C)(C)C. The van der Waals surface area contributed by atoms with Gasteiger partial charge in [0, 0.05) is 5.57 Å². The van der Waals surface area contributed by atoms with Crippen molar-refractivity contribution in [3.8, 4) is 0 Å². The van der Waals surface area contributed by atoms with Crippen molar-refractivity contribution in [2.45, 2.75) is 40.3 Å². The van der Waals surface area contributed by atoms with Gasteiger partial charge < -0.3 is 4.74 Å². The molecule has 0 aromatic rings. The van der Waals surface area contributed by atoms with Crippen LogP contribution in [-0.4, -0.2) is 18.1 Å². The van der Waals surface area contributed by atoms with Gasteiger partial charge in [-0.1, -0.05) is 33.8 Å². The van der Waals surface area contributed by atoms with E-state index < -0.39 is 23.5 Å². The fraction of sp³-hybridized carbons (Fsp3) is 0.636. The highest BCUT2D eigenvalue weighted by Gasteiger charge is 2.43. The maximum atomic E-state index is 11.9. The van der Waals surface area contributed by atoms with Crippen LogP contribution in [0.25, 0.3) is 0 Å². The Bertz CT molecular complexity index is 335. The molecule has 0 fully saturated rings. The van der Waals surface area contributed by atoms with E-state index in [4.69, 9.17) is 0 Å². The molecule has 3 nitrogen and oxygen atoms in total. The van der Waals surface area contributed by atoms with E-state index in [1.807, 2.05) is 0 Å². The van der Waals surface area contributed by atoms with Crippen molar-refractivity contribution in [1.82, 2.24) is 0 Å². The molecule has 0 aromatic carbocycles. The van der Waals surface area contributed by atoms with Gasteiger partial charge in [-0.05, 0) is 11.8 Å². The third-order valence-electron chi connectivity index (χ3n) is 1.85. The zero-order chi connectivity index (χ0) is 13.9. The number of esters is 2. The lowest BCUT2D eigenvalue weighted by Gasteiger charge is -2.21. The Labute approximate surface area is 97.6 Å². The predicted octanol–water partition coefficient (Wildman–Crippen LogP) is 3.00. The standard InChI is InChI=1S/C11H15F3O3/c1-5-6-7(10(2,3)4)8(15)17-9(16)11(12,13)14/h6H,5H2,1-4H3. The molecule has 0 bridgehead atoms. The van der Waals surface area contributed by atoms with E-state index in [9.17, 15) is 22.8 Å². The normalized spacial score (nSPS) is 13.5. The average Bonchev–Trinajstić information content (AvgIpc) is 2.10. The fourth-order valence-electron chi connectivity index (χ4n) is 1.10. The van der Waals surface area contributed by atoms with Crippen molar-refractivity contribution in [2.24, 2.45) is 5.41 Å². The molecule has 0 amide bonds. The first-order chi connectivity index (χ1) is 7.50. The van der Waals surface area contributed by atoms with Gasteiger partial charge in [-0.2, -0.15) is 13.2 Å². The van der Waals surface area contributed by atoms with Gasteiger partial charge >= 0.3 is 18.1 Å². The molecule has 98 valence electrons. The second-order valence-corrected chi connectivity index (χ2v) is 4.45. The average molecular weight is 252 g/mol. The summed E-state index contributed by atoms with van der Waals surface area (Å²) in [5, 5.41) is 0. The molecule has 0 aliphatic rings. The summed E-state index contributed by atoms with van der Waals surface area (Å²) < 4.78 is 39.5. The minimum Gasteiger partial charge on any atom is -0.383 e. The van der Waals surface area contributed by atoms with Crippen LogP contribution < -0.4 is 0 Å². The summed E-state index contributed by atoms with van der Waals surface area (Å²) in [7, 11) is 0. The van der Waals surface area contributed by atoms with Crippen molar-refractivity contribution < 1.29 is 27.5 Å². The first kappa shape index (κ1) is 15.7. The predicted molar refractivity (Wildman–Crippen MR) is 55.0 cm³/mol. The monoisotopic (exact) mass is 252 g/mol. The van der Waals surface area contributed by atoms with Gasteiger partial charge in [-0.25, -0.2) is 9.59 Å². The Morgan fingerprint density at radius 3 is 1.94 bits per heavy atom. The Kier molecular flexibility index (Phi) is 4.92. The van der Waals surface area contributed by atoms with Crippen LogP contribution in [0.3, 0.4) is 0 Å². The summed E-state index contributed by atoms with van der Waals surface area (Å²) in [6.07, 6.45) is -3.25. The Morgan fingerprint density at radius 1 is 1.18 bits per heavy atom. The lowest BCUT2D eigenvalue weighted by atomic mass is 9.86. The number of hydrogen-bond acceptors (Lipinski definition) is 3. The summed E-state index contributed by atoms with van der Waals surface area (Å²) in [6.45, 7) is 6.67. The van der Waals surface area contributed by atoms with Crippen LogP contribution in [0.2, 0.25) is 0 Å². The number of ether oxygens (including phenoxy) is 1. The molecule has 0 aromatic heterocycles. The number of alkyl halides is 3. The Morgan fingerprint density at radius 2 is 1.65 bits per heavy atom. The highest BCUT2D eigenvalue weighted by Crippen LogP contribution is 2.27. The fourth-order valence-corrected chi connectivity index (χ4v) is 1.10. The van der Waals surface area contributed by atoms with E-state index in [0.29, 0.717) is 6.42 Å². The quantitative estimate of drug-likeness (QED) is 0.431. The molecule has 0 aliphatic carbocycles. The Hall–Kier alpha value is -1.33. The lowest BCUT2D eigenvalue weighted by molar-refractivity contribution is -0.200. The Balaban J connectivity index is 4.92. The van der Waals surface area contributed by atoms with Crippen molar-refractivity contribution in [3.63, 3.8) is 0 Å². The van der Waals surface area contributed by atoms with Gasteiger partial charge in [0.1, 0.15) is 0 Å². The van der Waals surface area contributed by atoms with Gasteiger partial charge in [0.25, 0.3) is 0 Å². The van der Waals surface area contributed by atoms with Crippen LogP contribution >= 0.6 is 0 Å². The summed E-state index contributed by atoms with van der Waals surface area (Å²) in [5.41, 5.74) is -0.628. The van der Waals surface area contributed by atoms with Gasteiger partial charge in [0.2, 0.25) is 0 Å². The van der Waals surface area contributed by atoms with Crippen LogP contribution in [0.15, 0.2) is 11.6 Å². The van der Waals surface area contributed by atoms with E-state index >= 15 is 0 Å².